The van der Waals surface area contributed by atoms with Gasteiger partial charge in [-0.3, -0.25) is 5.01 Å². The molecular formula is C23H20N2O2. The van der Waals surface area contributed by atoms with E-state index in [-0.39, 0.29) is 23.8 Å². The Hall–Kier alpha value is -3.27. The highest BCUT2D eigenvalue weighted by Gasteiger charge is 2.47. The first kappa shape index (κ1) is 15.9. The lowest BCUT2D eigenvalue weighted by Gasteiger charge is -2.36. The third-order valence-electron chi connectivity index (χ3n) is 5.43. The van der Waals surface area contributed by atoms with Crippen molar-refractivity contribution in [3.63, 3.8) is 0 Å². The van der Waals surface area contributed by atoms with Crippen molar-refractivity contribution < 1.29 is 9.84 Å². The molecule has 0 fully saturated rings. The van der Waals surface area contributed by atoms with E-state index in [2.05, 4.69) is 18.2 Å². The Morgan fingerprint density at radius 2 is 1.56 bits per heavy atom. The smallest absolute Gasteiger partial charge is 0.135 e. The Labute approximate surface area is 158 Å². The average molecular weight is 356 g/mol. The molecule has 0 aromatic heterocycles. The molecule has 3 aromatic rings. The van der Waals surface area contributed by atoms with Gasteiger partial charge in [-0.2, -0.15) is 5.10 Å². The Balaban J connectivity index is 1.66. The molecule has 0 amide bonds. The first-order valence-electron chi connectivity index (χ1n) is 9.13. The lowest BCUT2D eigenvalue weighted by molar-refractivity contribution is 0.113. The Bertz CT molecular complexity index is 998. The maximum absolute atomic E-state index is 9.69. The summed E-state index contributed by atoms with van der Waals surface area (Å²) in [5.41, 5.74) is 4.38. The number of benzene rings is 3. The summed E-state index contributed by atoms with van der Waals surface area (Å²) < 4.78 is 6.50. The Morgan fingerprint density at radius 1 is 0.852 bits per heavy atom. The predicted octanol–water partition coefficient (Wildman–Crippen LogP) is 4.53. The van der Waals surface area contributed by atoms with E-state index in [1.807, 2.05) is 60.6 Å². The molecule has 2 aliphatic heterocycles. The van der Waals surface area contributed by atoms with E-state index in [1.54, 1.807) is 12.1 Å². The van der Waals surface area contributed by atoms with Crippen LogP contribution in [-0.4, -0.2) is 22.9 Å². The molecule has 5 rings (SSSR count). The monoisotopic (exact) mass is 356 g/mol. The van der Waals surface area contributed by atoms with E-state index in [1.165, 1.54) is 0 Å². The second-order valence-electron chi connectivity index (χ2n) is 7.07. The summed E-state index contributed by atoms with van der Waals surface area (Å²) in [6, 6.07) is 25.9. The number of fused-ring (bicyclic) bond motifs is 3. The van der Waals surface area contributed by atoms with Gasteiger partial charge in [0.2, 0.25) is 0 Å². The van der Waals surface area contributed by atoms with Crippen LogP contribution in [0, 0.1) is 5.92 Å². The lowest BCUT2D eigenvalue weighted by Crippen LogP contribution is -2.35. The summed E-state index contributed by atoms with van der Waals surface area (Å²) in [5, 5.41) is 16.6. The number of rotatable bonds is 2. The molecule has 0 radical (unpaired) electrons. The highest BCUT2D eigenvalue weighted by molar-refractivity contribution is 6.07. The molecule has 0 spiro atoms. The van der Waals surface area contributed by atoms with Crippen LogP contribution in [0.15, 0.2) is 84.0 Å². The summed E-state index contributed by atoms with van der Waals surface area (Å²) >= 11 is 0. The molecule has 0 saturated carbocycles. The predicted molar refractivity (Wildman–Crippen MR) is 105 cm³/mol. The number of ether oxygens (including phenoxy) is 1. The Kier molecular flexibility index (Phi) is 3.64. The van der Waals surface area contributed by atoms with Gasteiger partial charge in [0, 0.05) is 12.6 Å². The van der Waals surface area contributed by atoms with Crippen LogP contribution in [0.3, 0.4) is 0 Å². The van der Waals surface area contributed by atoms with Gasteiger partial charge in [0.15, 0.2) is 0 Å². The van der Waals surface area contributed by atoms with Gasteiger partial charge in [-0.05, 0) is 35.4 Å². The van der Waals surface area contributed by atoms with Crippen molar-refractivity contribution >= 4 is 5.71 Å². The molecule has 0 aliphatic carbocycles. The van der Waals surface area contributed by atoms with Crippen LogP contribution >= 0.6 is 0 Å². The highest BCUT2D eigenvalue weighted by atomic mass is 16.5. The quantitative estimate of drug-likeness (QED) is 0.734. The first-order valence-corrected chi connectivity index (χ1v) is 9.13. The van der Waals surface area contributed by atoms with Gasteiger partial charge in [-0.15, -0.1) is 0 Å². The molecule has 3 aromatic carbocycles. The summed E-state index contributed by atoms with van der Waals surface area (Å²) in [6.07, 6.45) is -0.122. The van der Waals surface area contributed by atoms with Crippen molar-refractivity contribution in [1.29, 1.82) is 0 Å². The summed E-state index contributed by atoms with van der Waals surface area (Å²) in [7, 11) is 2.01. The fraction of sp³-hybridized carbons (Fsp3) is 0.174. The number of hydrazone groups is 1. The molecule has 3 unspecified atom stereocenters. The van der Waals surface area contributed by atoms with Gasteiger partial charge in [0.25, 0.3) is 0 Å². The maximum atomic E-state index is 9.69. The number of phenols is 1. The van der Waals surface area contributed by atoms with Gasteiger partial charge in [0.05, 0.1) is 17.7 Å². The minimum absolute atomic E-state index is 0.0409. The van der Waals surface area contributed by atoms with Gasteiger partial charge >= 0.3 is 0 Å². The van der Waals surface area contributed by atoms with E-state index >= 15 is 0 Å². The van der Waals surface area contributed by atoms with Crippen LogP contribution in [-0.2, 0) is 0 Å². The number of para-hydroxylation sites is 1. The SMILES string of the molecule is CN1N=C2c3ccccc3OC(c3ccccc3)C2C1c1ccc(O)cc1. The molecule has 2 heterocycles. The standard InChI is InChI=1S/C23H20N2O2/c1-25-22(15-11-13-17(26)14-12-15)20-21(24-25)18-9-5-6-10-19(18)27-23(20)16-7-3-2-4-8-16/h2-14,20,22-23,26H,1H3. The molecule has 134 valence electrons. The third kappa shape index (κ3) is 2.56. The van der Waals surface area contributed by atoms with Gasteiger partial charge in [-0.1, -0.05) is 54.6 Å². The number of hydrogen-bond donors (Lipinski definition) is 1. The van der Waals surface area contributed by atoms with Gasteiger partial charge in [-0.25, -0.2) is 0 Å². The molecule has 2 aliphatic rings. The van der Waals surface area contributed by atoms with Gasteiger partial charge in [0.1, 0.15) is 17.6 Å². The molecule has 0 bridgehead atoms. The van der Waals surface area contributed by atoms with Crippen LogP contribution < -0.4 is 4.74 Å². The minimum atomic E-state index is -0.122. The topological polar surface area (TPSA) is 45.1 Å². The zero-order chi connectivity index (χ0) is 18.4. The van der Waals surface area contributed by atoms with Crippen molar-refractivity contribution in [3.05, 3.63) is 95.6 Å². The van der Waals surface area contributed by atoms with E-state index < -0.39 is 0 Å². The largest absolute Gasteiger partial charge is 0.508 e. The molecule has 1 N–H and O–H groups in total. The lowest BCUT2D eigenvalue weighted by atomic mass is 9.79. The van der Waals surface area contributed by atoms with Crippen molar-refractivity contribution in [1.82, 2.24) is 5.01 Å². The summed E-state index contributed by atoms with van der Waals surface area (Å²) in [5.74, 6) is 1.21. The fourth-order valence-electron chi connectivity index (χ4n) is 4.23. The van der Waals surface area contributed by atoms with E-state index in [4.69, 9.17) is 9.84 Å². The van der Waals surface area contributed by atoms with Crippen LogP contribution in [0.1, 0.15) is 28.8 Å². The summed E-state index contributed by atoms with van der Waals surface area (Å²) in [4.78, 5) is 0. The van der Waals surface area contributed by atoms with E-state index in [9.17, 15) is 5.11 Å². The van der Waals surface area contributed by atoms with E-state index in [0.717, 1.165) is 28.2 Å². The first-order chi connectivity index (χ1) is 13.2. The van der Waals surface area contributed by atoms with Crippen molar-refractivity contribution in [2.75, 3.05) is 7.05 Å². The van der Waals surface area contributed by atoms with Crippen molar-refractivity contribution in [3.8, 4) is 11.5 Å². The number of hydrogen-bond acceptors (Lipinski definition) is 4. The van der Waals surface area contributed by atoms with Crippen LogP contribution in [0.25, 0.3) is 0 Å². The average Bonchev–Trinajstić information content (AvgIpc) is 3.06. The molecule has 27 heavy (non-hydrogen) atoms. The van der Waals surface area contributed by atoms with Crippen LogP contribution in [0.4, 0.5) is 0 Å². The zero-order valence-electron chi connectivity index (χ0n) is 15.0. The van der Waals surface area contributed by atoms with Crippen molar-refractivity contribution in [2.45, 2.75) is 12.1 Å². The minimum Gasteiger partial charge on any atom is -0.508 e. The second-order valence-corrected chi connectivity index (χ2v) is 7.07. The Morgan fingerprint density at radius 3 is 2.33 bits per heavy atom. The van der Waals surface area contributed by atoms with Crippen molar-refractivity contribution in [2.24, 2.45) is 11.0 Å². The molecule has 0 saturated heterocycles. The zero-order valence-corrected chi connectivity index (χ0v) is 15.0. The van der Waals surface area contributed by atoms with Crippen LogP contribution in [0.2, 0.25) is 0 Å². The normalized spacial score (nSPS) is 23.2. The fourth-order valence-corrected chi connectivity index (χ4v) is 4.23. The summed E-state index contributed by atoms with van der Waals surface area (Å²) in [6.45, 7) is 0. The number of aromatic hydroxyl groups is 1. The van der Waals surface area contributed by atoms with Crippen LogP contribution in [0.5, 0.6) is 11.5 Å². The van der Waals surface area contributed by atoms with Gasteiger partial charge < -0.3 is 9.84 Å². The van der Waals surface area contributed by atoms with E-state index in [0.29, 0.717) is 0 Å². The molecule has 4 nitrogen and oxygen atoms in total. The maximum Gasteiger partial charge on any atom is 0.135 e. The molecular weight excluding hydrogens is 336 g/mol. The second kappa shape index (κ2) is 6.16. The third-order valence-corrected chi connectivity index (χ3v) is 5.43. The molecule has 3 atom stereocenters. The highest BCUT2D eigenvalue weighted by Crippen LogP contribution is 2.49. The number of nitrogens with zero attached hydrogens (tertiary/aromatic N) is 2. The molecule has 4 heteroatoms. The number of phenolic OH excluding ortho intramolecular Hbond substituents is 1.